The smallest absolute Gasteiger partial charge is 0.277 e. The molecule has 5 heteroatoms. The summed E-state index contributed by atoms with van der Waals surface area (Å²) < 4.78 is 3.90. The zero-order chi connectivity index (χ0) is 16.6. The van der Waals surface area contributed by atoms with Gasteiger partial charge in [-0.2, -0.15) is 0 Å². The van der Waals surface area contributed by atoms with Gasteiger partial charge in [0.15, 0.2) is 0 Å². The van der Waals surface area contributed by atoms with Gasteiger partial charge in [-0.25, -0.2) is 0 Å². The Bertz CT molecular complexity index is 989. The van der Waals surface area contributed by atoms with Crippen molar-refractivity contribution >= 4 is 11.9 Å². The predicted octanol–water partition coefficient (Wildman–Crippen LogP) is 2.92. The first-order valence-corrected chi connectivity index (χ1v) is 8.50. The molecule has 2 aromatic heterocycles. The maximum absolute atomic E-state index is 13.3. The van der Waals surface area contributed by atoms with Gasteiger partial charge in [0, 0.05) is 29.6 Å². The molecular weight excluding hydrogens is 300 g/mol. The minimum atomic E-state index is -0.426. The third kappa shape index (κ3) is 1.54. The van der Waals surface area contributed by atoms with Crippen molar-refractivity contribution in [3.63, 3.8) is 0 Å². The molecule has 2 aromatic rings. The minimum Gasteiger partial charge on any atom is -0.361 e. The number of pyridine rings is 1. The van der Waals surface area contributed by atoms with Crippen molar-refractivity contribution in [1.82, 2.24) is 14.5 Å². The second-order valence-corrected chi connectivity index (χ2v) is 7.52. The summed E-state index contributed by atoms with van der Waals surface area (Å²) in [6, 6.07) is 5.95. The number of fused-ring (bicyclic) bond motifs is 1. The van der Waals surface area contributed by atoms with Crippen LogP contribution in [0.25, 0.3) is 11.4 Å². The molecular formula is C19H20N4O. The molecule has 1 aliphatic carbocycles. The van der Waals surface area contributed by atoms with Gasteiger partial charge in [0.05, 0.1) is 11.4 Å². The molecule has 24 heavy (non-hydrogen) atoms. The van der Waals surface area contributed by atoms with Crippen molar-refractivity contribution in [2.45, 2.75) is 44.7 Å². The van der Waals surface area contributed by atoms with Crippen LogP contribution in [0.5, 0.6) is 0 Å². The highest BCUT2D eigenvalue weighted by Crippen LogP contribution is 2.45. The van der Waals surface area contributed by atoms with Crippen LogP contribution < -0.4 is 10.9 Å². The fourth-order valence-corrected chi connectivity index (χ4v) is 4.69. The van der Waals surface area contributed by atoms with Crippen LogP contribution in [-0.2, 0) is 5.66 Å². The third-order valence-electron chi connectivity index (χ3n) is 5.71. The lowest BCUT2D eigenvalue weighted by atomic mass is 9.98. The van der Waals surface area contributed by atoms with Gasteiger partial charge in [-0.3, -0.25) is 9.36 Å². The summed E-state index contributed by atoms with van der Waals surface area (Å²) in [6.07, 6.45) is 6.46. The fraction of sp³-hybridized carbons (Fsp3) is 0.368. The second-order valence-electron chi connectivity index (χ2n) is 7.52. The van der Waals surface area contributed by atoms with Crippen LogP contribution in [0.4, 0.5) is 0 Å². The van der Waals surface area contributed by atoms with Crippen LogP contribution in [0.3, 0.4) is 0 Å². The molecule has 1 unspecified atom stereocenters. The van der Waals surface area contributed by atoms with E-state index in [1.54, 1.807) is 0 Å². The van der Waals surface area contributed by atoms with E-state index in [4.69, 9.17) is 5.41 Å². The van der Waals surface area contributed by atoms with E-state index in [9.17, 15) is 4.79 Å². The topological polar surface area (TPSA) is 62.8 Å². The van der Waals surface area contributed by atoms with Crippen LogP contribution in [0.1, 0.15) is 56.0 Å². The molecule has 5 heterocycles. The Morgan fingerprint density at radius 1 is 1.33 bits per heavy atom. The van der Waals surface area contributed by atoms with E-state index in [-0.39, 0.29) is 5.56 Å². The Hall–Kier alpha value is -2.56. The molecule has 6 rings (SSSR count). The lowest BCUT2D eigenvalue weighted by molar-refractivity contribution is 0.335. The Kier molecular flexibility index (Phi) is 2.47. The number of hydrogen-bond donors (Lipinski definition) is 2. The minimum absolute atomic E-state index is 0.0234. The van der Waals surface area contributed by atoms with Crippen LogP contribution in [-0.4, -0.2) is 15.3 Å². The summed E-state index contributed by atoms with van der Waals surface area (Å²) in [7, 11) is 0. The Morgan fingerprint density at radius 3 is 2.96 bits per heavy atom. The molecule has 1 atom stereocenters. The molecule has 0 aromatic carbocycles. The summed E-state index contributed by atoms with van der Waals surface area (Å²) in [5, 5.41) is 11.3. The van der Waals surface area contributed by atoms with E-state index in [0.29, 0.717) is 11.6 Å². The standard InChI is InChI=1S/C19H20N4O/c1-19(2)21-16-11-3-4-12(9-11)17-13(10-20)7-8-22(17)15-6-5-14(16)23(19)18(15)24/h5-8,10,12,20-21H,3-4,9H2,1-2H3/b16-11-,20-10?. The van der Waals surface area contributed by atoms with Gasteiger partial charge in [0.1, 0.15) is 11.4 Å². The number of nitrogens with one attached hydrogen (secondary N) is 2. The molecule has 3 aliphatic heterocycles. The van der Waals surface area contributed by atoms with E-state index in [2.05, 4.69) is 25.2 Å². The zero-order valence-corrected chi connectivity index (χ0v) is 13.9. The highest BCUT2D eigenvalue weighted by Gasteiger charge is 2.39. The first-order valence-electron chi connectivity index (χ1n) is 8.50. The lowest BCUT2D eigenvalue weighted by Crippen LogP contribution is -2.41. The Morgan fingerprint density at radius 2 is 2.17 bits per heavy atom. The van der Waals surface area contributed by atoms with Gasteiger partial charge in [-0.15, -0.1) is 0 Å². The van der Waals surface area contributed by atoms with Crippen molar-refractivity contribution in [2.75, 3.05) is 0 Å². The summed E-state index contributed by atoms with van der Waals surface area (Å²) in [4.78, 5) is 13.3. The van der Waals surface area contributed by atoms with E-state index < -0.39 is 5.66 Å². The maximum Gasteiger partial charge on any atom is 0.277 e. The molecule has 4 aliphatic rings. The van der Waals surface area contributed by atoms with Gasteiger partial charge < -0.3 is 15.3 Å². The van der Waals surface area contributed by atoms with Crippen molar-refractivity contribution in [1.29, 1.82) is 5.41 Å². The quantitative estimate of drug-likeness (QED) is 0.794. The highest BCUT2D eigenvalue weighted by atomic mass is 16.1. The van der Waals surface area contributed by atoms with E-state index >= 15 is 0 Å². The molecule has 1 saturated carbocycles. The summed E-state index contributed by atoms with van der Waals surface area (Å²) in [5.41, 5.74) is 5.85. The average Bonchev–Trinajstić information content (AvgIpc) is 3.22. The van der Waals surface area contributed by atoms with E-state index in [1.165, 1.54) is 11.8 Å². The van der Waals surface area contributed by atoms with E-state index in [1.807, 2.05) is 27.5 Å². The third-order valence-corrected chi connectivity index (χ3v) is 5.71. The SMILES string of the molecule is CC1(C)N/C2=C3/CCC(C3)c3c(C=N)ccn3-c3ccc2n1c3=O. The molecule has 0 amide bonds. The van der Waals surface area contributed by atoms with Gasteiger partial charge in [-0.05, 0) is 56.9 Å². The normalized spacial score (nSPS) is 25.5. The molecule has 0 saturated heterocycles. The molecule has 0 radical (unpaired) electrons. The van der Waals surface area contributed by atoms with E-state index in [0.717, 1.165) is 41.9 Å². The van der Waals surface area contributed by atoms with Crippen molar-refractivity contribution < 1.29 is 0 Å². The molecule has 2 N–H and O–H groups in total. The Labute approximate surface area is 140 Å². The first-order chi connectivity index (χ1) is 11.5. The molecule has 1 fully saturated rings. The molecule has 6 bridgehead atoms. The number of nitrogens with zero attached hydrogens (tertiary/aromatic N) is 2. The average molecular weight is 320 g/mol. The summed E-state index contributed by atoms with van der Waals surface area (Å²) >= 11 is 0. The zero-order valence-electron chi connectivity index (χ0n) is 13.9. The molecule has 122 valence electrons. The summed E-state index contributed by atoms with van der Waals surface area (Å²) in [6.45, 7) is 4.11. The van der Waals surface area contributed by atoms with Crippen LogP contribution in [0, 0.1) is 5.41 Å². The Balaban J connectivity index is 1.95. The van der Waals surface area contributed by atoms with Gasteiger partial charge in [0.2, 0.25) is 0 Å². The largest absolute Gasteiger partial charge is 0.361 e. The van der Waals surface area contributed by atoms with Gasteiger partial charge in [0.25, 0.3) is 5.56 Å². The monoisotopic (exact) mass is 320 g/mol. The molecule has 5 nitrogen and oxygen atoms in total. The number of allylic oxidation sites excluding steroid dienone is 1. The summed E-state index contributed by atoms with van der Waals surface area (Å²) in [5.74, 6) is 0.367. The van der Waals surface area contributed by atoms with Crippen molar-refractivity contribution in [2.24, 2.45) is 0 Å². The second kappa shape index (κ2) is 4.29. The van der Waals surface area contributed by atoms with Crippen LogP contribution in [0.2, 0.25) is 0 Å². The van der Waals surface area contributed by atoms with Crippen LogP contribution >= 0.6 is 0 Å². The van der Waals surface area contributed by atoms with Gasteiger partial charge >= 0.3 is 0 Å². The van der Waals surface area contributed by atoms with Gasteiger partial charge in [-0.1, -0.05) is 0 Å². The first kappa shape index (κ1) is 13.8. The predicted molar refractivity (Wildman–Crippen MR) is 93.9 cm³/mol. The number of rotatable bonds is 1. The molecule has 0 spiro atoms. The highest BCUT2D eigenvalue weighted by molar-refractivity contribution is 5.80. The fourth-order valence-electron chi connectivity index (χ4n) is 4.69. The number of aromatic nitrogens is 2. The number of hydrogen-bond acceptors (Lipinski definition) is 3. The van der Waals surface area contributed by atoms with Crippen molar-refractivity contribution in [3.8, 4) is 5.69 Å². The maximum atomic E-state index is 13.3. The lowest BCUT2D eigenvalue weighted by Gasteiger charge is -2.23. The van der Waals surface area contributed by atoms with Crippen molar-refractivity contribution in [3.05, 3.63) is 57.3 Å². The van der Waals surface area contributed by atoms with Crippen LogP contribution in [0.15, 0.2) is 34.8 Å².